The van der Waals surface area contributed by atoms with E-state index in [4.69, 9.17) is 11.6 Å². The van der Waals surface area contributed by atoms with Crippen LogP contribution in [-0.2, 0) is 6.54 Å². The summed E-state index contributed by atoms with van der Waals surface area (Å²) < 4.78 is 14.4. The molecule has 0 saturated carbocycles. The topological polar surface area (TPSA) is 55.9 Å². The third-order valence-corrected chi connectivity index (χ3v) is 6.75. The number of anilines is 1. The van der Waals surface area contributed by atoms with Crippen molar-refractivity contribution in [1.82, 2.24) is 15.1 Å². The van der Waals surface area contributed by atoms with Gasteiger partial charge in [-0.2, -0.15) is 0 Å². The summed E-state index contributed by atoms with van der Waals surface area (Å²) in [5, 5.41) is 3.93. The zero-order valence-electron chi connectivity index (χ0n) is 18.9. The number of amides is 2. The molecule has 2 amide bonds. The number of hydrogen-bond donors (Lipinski definition) is 1. The van der Waals surface area contributed by atoms with Crippen LogP contribution in [0.4, 0.5) is 14.9 Å². The molecular formula is C25H30ClFN4O2. The second-order valence-corrected chi connectivity index (χ2v) is 9.26. The van der Waals surface area contributed by atoms with Crippen LogP contribution in [0.25, 0.3) is 0 Å². The van der Waals surface area contributed by atoms with Gasteiger partial charge in [0.25, 0.3) is 0 Å². The highest BCUT2D eigenvalue weighted by Crippen LogP contribution is 2.23. The molecule has 33 heavy (non-hydrogen) atoms. The minimum atomic E-state index is -0.397. The number of ketones is 1. The molecule has 2 aliphatic heterocycles. The first-order valence-electron chi connectivity index (χ1n) is 11.5. The molecule has 2 fully saturated rings. The van der Waals surface area contributed by atoms with Crippen LogP contribution in [0.15, 0.2) is 42.5 Å². The molecule has 0 aliphatic carbocycles. The number of halogens is 2. The first-order chi connectivity index (χ1) is 15.9. The molecule has 176 valence electrons. The van der Waals surface area contributed by atoms with E-state index in [0.29, 0.717) is 37.4 Å². The van der Waals surface area contributed by atoms with Gasteiger partial charge >= 0.3 is 6.03 Å². The van der Waals surface area contributed by atoms with E-state index in [-0.39, 0.29) is 17.9 Å². The molecule has 0 aromatic heterocycles. The number of carbonyl (C=O) groups excluding carboxylic acids is 2. The average molecular weight is 473 g/mol. The van der Waals surface area contributed by atoms with Crippen LogP contribution in [0, 0.1) is 5.82 Å². The van der Waals surface area contributed by atoms with Gasteiger partial charge in [0.15, 0.2) is 5.78 Å². The van der Waals surface area contributed by atoms with Crippen molar-refractivity contribution < 1.29 is 14.0 Å². The van der Waals surface area contributed by atoms with Crippen LogP contribution in [0.2, 0.25) is 5.02 Å². The van der Waals surface area contributed by atoms with Crippen LogP contribution in [0.3, 0.4) is 0 Å². The number of likely N-dealkylation sites (tertiary alicyclic amines) is 1. The standard InChI is InChI=1S/C25H30ClFN4O2/c1-18(32)20-4-7-24(23(27)16-20)30-12-14-31(15-13-30)25(33)28-22-8-10-29(11-9-22)17-19-2-5-21(26)6-3-19/h2-7,16,22H,8-15,17H2,1H3,(H,28,33). The summed E-state index contributed by atoms with van der Waals surface area (Å²) in [6.07, 6.45) is 1.85. The number of hydrogen-bond acceptors (Lipinski definition) is 4. The Bertz CT molecular complexity index is 984. The van der Waals surface area contributed by atoms with Crippen LogP contribution in [-0.4, -0.2) is 66.9 Å². The number of piperidine rings is 1. The molecule has 8 heteroatoms. The average Bonchev–Trinajstić information content (AvgIpc) is 2.82. The van der Waals surface area contributed by atoms with Gasteiger partial charge in [-0.15, -0.1) is 0 Å². The lowest BCUT2D eigenvalue weighted by molar-refractivity contribution is 0.101. The molecular weight excluding hydrogens is 443 g/mol. The van der Waals surface area contributed by atoms with E-state index in [9.17, 15) is 14.0 Å². The summed E-state index contributed by atoms with van der Waals surface area (Å²) in [4.78, 5) is 30.3. The van der Waals surface area contributed by atoms with E-state index < -0.39 is 5.82 Å². The van der Waals surface area contributed by atoms with Crippen LogP contribution in [0.1, 0.15) is 35.7 Å². The summed E-state index contributed by atoms with van der Waals surface area (Å²) in [7, 11) is 0. The lowest BCUT2D eigenvalue weighted by Crippen LogP contribution is -2.55. The molecule has 2 saturated heterocycles. The summed E-state index contributed by atoms with van der Waals surface area (Å²) in [5.41, 5.74) is 2.09. The molecule has 0 spiro atoms. The van der Waals surface area contributed by atoms with Crippen molar-refractivity contribution in [3.63, 3.8) is 0 Å². The molecule has 2 aliphatic rings. The van der Waals surface area contributed by atoms with Crippen molar-refractivity contribution in [3.8, 4) is 0 Å². The number of Topliss-reactive ketones (excluding diaryl/α,β-unsaturated/α-hetero) is 1. The zero-order chi connectivity index (χ0) is 23.4. The third-order valence-electron chi connectivity index (χ3n) is 6.50. The highest BCUT2D eigenvalue weighted by atomic mass is 35.5. The number of piperazine rings is 1. The van der Waals surface area contributed by atoms with Gasteiger partial charge in [0, 0.05) is 62.4 Å². The Morgan fingerprint density at radius 1 is 1.00 bits per heavy atom. The second kappa shape index (κ2) is 10.5. The first-order valence-corrected chi connectivity index (χ1v) is 11.8. The van der Waals surface area contributed by atoms with Crippen molar-refractivity contribution in [2.75, 3.05) is 44.2 Å². The predicted octanol–water partition coefficient (Wildman–Crippen LogP) is 4.18. The van der Waals surface area contributed by atoms with E-state index in [1.807, 2.05) is 17.0 Å². The van der Waals surface area contributed by atoms with Gasteiger partial charge in [-0.05, 0) is 55.7 Å². The summed E-state index contributed by atoms with van der Waals surface area (Å²) in [6, 6.07) is 12.7. The smallest absolute Gasteiger partial charge is 0.317 e. The monoisotopic (exact) mass is 472 g/mol. The van der Waals surface area contributed by atoms with Gasteiger partial charge in [0.05, 0.1) is 5.69 Å². The molecule has 2 aromatic carbocycles. The molecule has 4 rings (SSSR count). The quantitative estimate of drug-likeness (QED) is 0.663. The molecule has 6 nitrogen and oxygen atoms in total. The van der Waals surface area contributed by atoms with Gasteiger partial charge in [-0.3, -0.25) is 9.69 Å². The lowest BCUT2D eigenvalue weighted by atomic mass is 10.0. The maximum atomic E-state index is 14.4. The maximum absolute atomic E-state index is 14.4. The van der Waals surface area contributed by atoms with Gasteiger partial charge in [0.2, 0.25) is 0 Å². The summed E-state index contributed by atoms with van der Waals surface area (Å²) >= 11 is 5.96. The van der Waals surface area contributed by atoms with Crippen LogP contribution < -0.4 is 10.2 Å². The maximum Gasteiger partial charge on any atom is 0.317 e. The Labute approximate surface area is 199 Å². The van der Waals surface area contributed by atoms with Crippen molar-refractivity contribution in [3.05, 3.63) is 64.4 Å². The molecule has 0 radical (unpaired) electrons. The minimum absolute atomic E-state index is 0.0433. The van der Waals surface area contributed by atoms with E-state index in [2.05, 4.69) is 22.3 Å². The molecule has 1 N–H and O–H groups in total. The van der Waals surface area contributed by atoms with Gasteiger partial charge < -0.3 is 15.1 Å². The lowest BCUT2D eigenvalue weighted by Gasteiger charge is -2.38. The number of urea groups is 1. The largest absolute Gasteiger partial charge is 0.366 e. The number of carbonyl (C=O) groups is 2. The van der Waals surface area contributed by atoms with Crippen molar-refractivity contribution in [1.29, 1.82) is 0 Å². The Hall–Kier alpha value is -2.64. The molecule has 0 unspecified atom stereocenters. The number of nitrogens with one attached hydrogen (secondary N) is 1. The summed E-state index contributed by atoms with van der Waals surface area (Å²) in [6.45, 7) is 6.39. The highest BCUT2D eigenvalue weighted by Gasteiger charge is 2.26. The Kier molecular flexibility index (Phi) is 7.50. The van der Waals surface area contributed by atoms with E-state index >= 15 is 0 Å². The fourth-order valence-electron chi connectivity index (χ4n) is 4.48. The zero-order valence-corrected chi connectivity index (χ0v) is 19.7. The van der Waals surface area contributed by atoms with E-state index in [1.165, 1.54) is 18.6 Å². The predicted molar refractivity (Wildman–Crippen MR) is 128 cm³/mol. The number of rotatable bonds is 5. The Balaban J connectivity index is 1.21. The highest BCUT2D eigenvalue weighted by molar-refractivity contribution is 6.30. The Morgan fingerprint density at radius 2 is 1.67 bits per heavy atom. The Morgan fingerprint density at radius 3 is 2.27 bits per heavy atom. The molecule has 2 aromatic rings. The van der Waals surface area contributed by atoms with Crippen molar-refractivity contribution >= 4 is 29.1 Å². The molecule has 2 heterocycles. The van der Waals surface area contributed by atoms with Crippen LogP contribution in [0.5, 0.6) is 0 Å². The fraction of sp³-hybridized carbons (Fsp3) is 0.440. The molecule has 0 bridgehead atoms. The minimum Gasteiger partial charge on any atom is -0.366 e. The second-order valence-electron chi connectivity index (χ2n) is 8.82. The van der Waals surface area contributed by atoms with Gasteiger partial charge in [-0.1, -0.05) is 23.7 Å². The fourth-order valence-corrected chi connectivity index (χ4v) is 4.61. The van der Waals surface area contributed by atoms with E-state index in [1.54, 1.807) is 17.0 Å². The number of nitrogens with zero attached hydrogens (tertiary/aromatic N) is 3. The third kappa shape index (κ3) is 6.03. The molecule has 0 atom stereocenters. The van der Waals surface area contributed by atoms with Gasteiger partial charge in [0.1, 0.15) is 5.82 Å². The van der Waals surface area contributed by atoms with Gasteiger partial charge in [-0.25, -0.2) is 9.18 Å². The van der Waals surface area contributed by atoms with Crippen molar-refractivity contribution in [2.45, 2.75) is 32.4 Å². The summed E-state index contributed by atoms with van der Waals surface area (Å²) in [5.74, 6) is -0.552. The normalized spacial score (nSPS) is 17.8. The first kappa shape index (κ1) is 23.5. The van der Waals surface area contributed by atoms with Crippen LogP contribution >= 0.6 is 11.6 Å². The SMILES string of the molecule is CC(=O)c1ccc(N2CCN(C(=O)NC3CCN(Cc4ccc(Cl)cc4)CC3)CC2)c(F)c1. The number of benzene rings is 2. The van der Waals surface area contributed by atoms with Crippen molar-refractivity contribution in [2.24, 2.45) is 0 Å². The van der Waals surface area contributed by atoms with E-state index in [0.717, 1.165) is 37.5 Å².